The normalized spacial score (nSPS) is 10.8. The summed E-state index contributed by atoms with van der Waals surface area (Å²) >= 11 is 0. The highest BCUT2D eigenvalue weighted by molar-refractivity contribution is 5.82. The van der Waals surface area contributed by atoms with Gasteiger partial charge in [-0.15, -0.1) is 0 Å². The lowest BCUT2D eigenvalue weighted by Crippen LogP contribution is -2.25. The van der Waals surface area contributed by atoms with Gasteiger partial charge in [0, 0.05) is 6.42 Å². The molecule has 0 aliphatic rings. The molecule has 0 saturated heterocycles. The van der Waals surface area contributed by atoms with Crippen molar-refractivity contribution < 1.29 is 19.2 Å². The zero-order valence-corrected chi connectivity index (χ0v) is 12.6. The topological polar surface area (TPSA) is 64.6 Å². The summed E-state index contributed by atoms with van der Waals surface area (Å²) in [6.45, 7) is 6.78. The molecule has 5 heteroatoms. The maximum atomic E-state index is 11.8. The number of benzene rings is 1. The lowest BCUT2D eigenvalue weighted by molar-refractivity contribution is -0.149. The van der Waals surface area contributed by atoms with E-state index < -0.39 is 11.4 Å². The molecule has 0 unspecified atom stereocenters. The molecule has 0 spiro atoms. The number of ether oxygens (including phenoxy) is 1. The number of methoxy groups -OCH3 is 1. The van der Waals surface area contributed by atoms with Gasteiger partial charge in [-0.05, 0) is 39.3 Å². The smallest absolute Gasteiger partial charge is 0.337 e. The summed E-state index contributed by atoms with van der Waals surface area (Å²) in [4.78, 5) is 28.1. The summed E-state index contributed by atoms with van der Waals surface area (Å²) in [6.07, 6.45) is 0.243. The third-order valence-electron chi connectivity index (χ3n) is 2.63. The van der Waals surface area contributed by atoms with Gasteiger partial charge in [-0.3, -0.25) is 4.79 Å². The van der Waals surface area contributed by atoms with Crippen LogP contribution in [-0.2, 0) is 20.8 Å². The van der Waals surface area contributed by atoms with Crippen LogP contribution in [0, 0.1) is 5.41 Å². The van der Waals surface area contributed by atoms with Gasteiger partial charge in [-0.25, -0.2) is 10.3 Å². The molecule has 0 aliphatic heterocycles. The Hall–Kier alpha value is -2.04. The van der Waals surface area contributed by atoms with Crippen LogP contribution in [0.2, 0.25) is 0 Å². The number of para-hydroxylation sites is 1. The number of hydrogen-bond donors (Lipinski definition) is 1. The molecule has 0 aliphatic carbocycles. The second-order valence-electron chi connectivity index (χ2n) is 5.61. The van der Waals surface area contributed by atoms with Crippen molar-refractivity contribution in [3.05, 3.63) is 23.8 Å². The van der Waals surface area contributed by atoms with E-state index in [1.165, 1.54) is 14.0 Å². The fourth-order valence-corrected chi connectivity index (χ4v) is 1.53. The van der Waals surface area contributed by atoms with Gasteiger partial charge in [0.15, 0.2) is 0 Å². The molecule has 1 rings (SSSR count). The van der Waals surface area contributed by atoms with E-state index in [1.807, 2.05) is 0 Å². The van der Waals surface area contributed by atoms with Crippen molar-refractivity contribution >= 4 is 17.4 Å². The van der Waals surface area contributed by atoms with Crippen LogP contribution in [0.15, 0.2) is 18.2 Å². The van der Waals surface area contributed by atoms with Crippen molar-refractivity contribution in [1.29, 1.82) is 0 Å². The first kappa shape index (κ1) is 16.0. The van der Waals surface area contributed by atoms with Crippen molar-refractivity contribution in [2.24, 2.45) is 5.41 Å². The van der Waals surface area contributed by atoms with Gasteiger partial charge in [0.05, 0.1) is 12.5 Å². The number of carbonyl (C=O) groups is 2. The van der Waals surface area contributed by atoms with Crippen LogP contribution in [-0.4, -0.2) is 18.9 Å². The number of rotatable bonds is 5. The van der Waals surface area contributed by atoms with Crippen LogP contribution in [0.1, 0.15) is 33.3 Å². The summed E-state index contributed by atoms with van der Waals surface area (Å²) in [7, 11) is 1.52. The lowest BCUT2D eigenvalue weighted by Gasteiger charge is -2.19. The van der Waals surface area contributed by atoms with Crippen LogP contribution < -0.4 is 10.2 Å². The maximum absolute atomic E-state index is 11.8. The zero-order chi connectivity index (χ0) is 15.3. The third-order valence-corrected chi connectivity index (χ3v) is 2.63. The van der Waals surface area contributed by atoms with Gasteiger partial charge >= 0.3 is 5.97 Å². The third kappa shape index (κ3) is 4.26. The Morgan fingerprint density at radius 3 is 2.40 bits per heavy atom. The van der Waals surface area contributed by atoms with Gasteiger partial charge in [0.2, 0.25) is 0 Å². The van der Waals surface area contributed by atoms with Crippen LogP contribution in [0.3, 0.4) is 0 Å². The molecule has 0 atom stereocenters. The number of ketones is 1. The second-order valence-corrected chi connectivity index (χ2v) is 5.61. The molecule has 5 nitrogen and oxygen atoms in total. The second kappa shape index (κ2) is 6.41. The van der Waals surface area contributed by atoms with Crippen molar-refractivity contribution in [2.75, 3.05) is 12.6 Å². The van der Waals surface area contributed by atoms with Crippen molar-refractivity contribution in [3.8, 4) is 5.75 Å². The summed E-state index contributed by atoms with van der Waals surface area (Å²) in [5, 5.41) is 0. The van der Waals surface area contributed by atoms with Gasteiger partial charge in [-0.1, -0.05) is 12.1 Å². The van der Waals surface area contributed by atoms with Gasteiger partial charge in [-0.2, -0.15) is 0 Å². The Kier molecular flexibility index (Phi) is 5.13. The first-order chi connectivity index (χ1) is 9.25. The molecule has 0 radical (unpaired) electrons. The summed E-state index contributed by atoms with van der Waals surface area (Å²) in [5.74, 6) is 0.145. The number of anilines is 1. The Labute approximate surface area is 119 Å². The largest absolute Gasteiger partial charge is 0.494 e. The summed E-state index contributed by atoms with van der Waals surface area (Å²) in [6, 6.07) is 5.31. The first-order valence-corrected chi connectivity index (χ1v) is 6.38. The predicted octanol–water partition coefficient (Wildman–Crippen LogP) is 2.74. The standard InChI is InChI=1S/C15H21NO4/c1-10(17)9-11-7-6-8-12(19-5)13(11)16-20-14(18)15(2,3)4/h6-8,16H,9H2,1-5H3. The van der Waals surface area contributed by atoms with Gasteiger partial charge < -0.3 is 9.57 Å². The number of hydrogen-bond acceptors (Lipinski definition) is 5. The van der Waals surface area contributed by atoms with E-state index in [0.29, 0.717) is 11.4 Å². The average molecular weight is 279 g/mol. The van der Waals surface area contributed by atoms with Crippen LogP contribution in [0.5, 0.6) is 5.75 Å². The summed E-state index contributed by atoms with van der Waals surface area (Å²) < 4.78 is 5.22. The highest BCUT2D eigenvalue weighted by atomic mass is 16.7. The summed E-state index contributed by atoms with van der Waals surface area (Å²) in [5.41, 5.74) is 3.23. The first-order valence-electron chi connectivity index (χ1n) is 6.38. The van der Waals surface area contributed by atoms with E-state index in [4.69, 9.17) is 9.57 Å². The molecule has 20 heavy (non-hydrogen) atoms. The van der Waals surface area contributed by atoms with Crippen molar-refractivity contribution in [1.82, 2.24) is 0 Å². The molecule has 1 aromatic rings. The predicted molar refractivity (Wildman–Crippen MR) is 76.5 cm³/mol. The number of Topliss-reactive ketones (excluding diaryl/α,β-unsaturated/α-hetero) is 1. The molecular weight excluding hydrogens is 258 g/mol. The Morgan fingerprint density at radius 2 is 1.90 bits per heavy atom. The van der Waals surface area contributed by atoms with Crippen LogP contribution >= 0.6 is 0 Å². The molecule has 110 valence electrons. The molecule has 0 fully saturated rings. The van der Waals surface area contributed by atoms with Crippen LogP contribution in [0.4, 0.5) is 5.69 Å². The molecule has 0 amide bonds. The Bertz CT molecular complexity index is 503. The fraction of sp³-hybridized carbons (Fsp3) is 0.467. The van der Waals surface area contributed by atoms with Gasteiger partial charge in [0.1, 0.15) is 17.2 Å². The highest BCUT2D eigenvalue weighted by Gasteiger charge is 2.24. The van der Waals surface area contributed by atoms with E-state index >= 15 is 0 Å². The van der Waals surface area contributed by atoms with E-state index in [0.717, 1.165) is 5.56 Å². The molecule has 0 heterocycles. The quantitative estimate of drug-likeness (QED) is 0.840. The molecule has 0 aromatic heterocycles. The van der Waals surface area contributed by atoms with E-state index in [9.17, 15) is 9.59 Å². The Morgan fingerprint density at radius 1 is 1.25 bits per heavy atom. The molecular formula is C15H21NO4. The van der Waals surface area contributed by atoms with E-state index in [2.05, 4.69) is 5.48 Å². The SMILES string of the molecule is COc1cccc(CC(C)=O)c1NOC(=O)C(C)(C)C. The monoisotopic (exact) mass is 279 g/mol. The Balaban J connectivity index is 2.97. The molecule has 1 N–H and O–H groups in total. The molecule has 1 aromatic carbocycles. The minimum Gasteiger partial charge on any atom is -0.494 e. The zero-order valence-electron chi connectivity index (χ0n) is 12.6. The molecule has 0 saturated carbocycles. The van der Waals surface area contributed by atoms with Crippen molar-refractivity contribution in [3.63, 3.8) is 0 Å². The maximum Gasteiger partial charge on any atom is 0.337 e. The number of nitrogens with one attached hydrogen (secondary N) is 1. The van der Waals surface area contributed by atoms with Crippen molar-refractivity contribution in [2.45, 2.75) is 34.1 Å². The average Bonchev–Trinajstić information content (AvgIpc) is 2.34. The molecule has 0 bridgehead atoms. The van der Waals surface area contributed by atoms with E-state index in [1.54, 1.807) is 39.0 Å². The lowest BCUT2D eigenvalue weighted by atomic mass is 9.98. The highest BCUT2D eigenvalue weighted by Crippen LogP contribution is 2.29. The van der Waals surface area contributed by atoms with Gasteiger partial charge in [0.25, 0.3) is 0 Å². The minimum atomic E-state index is -0.615. The fourth-order valence-electron chi connectivity index (χ4n) is 1.53. The van der Waals surface area contributed by atoms with E-state index in [-0.39, 0.29) is 12.2 Å². The number of carbonyl (C=O) groups excluding carboxylic acids is 2. The van der Waals surface area contributed by atoms with Crippen LogP contribution in [0.25, 0.3) is 0 Å². The minimum absolute atomic E-state index is 0.0171.